The lowest BCUT2D eigenvalue weighted by atomic mass is 10.2. The first-order valence-corrected chi connectivity index (χ1v) is 3.98. The number of nitriles is 1. The standard InChI is InChI=1S/C10H3F3N2/c11-7-3-5-1-2-6(4-14)15-10(5)9(13)8(7)12/h1-3H. The summed E-state index contributed by atoms with van der Waals surface area (Å²) < 4.78 is 38.8. The Bertz CT molecular complexity index is 587. The van der Waals surface area contributed by atoms with E-state index in [1.807, 2.05) is 0 Å². The highest BCUT2D eigenvalue weighted by Crippen LogP contribution is 2.21. The first-order valence-electron chi connectivity index (χ1n) is 3.98. The quantitative estimate of drug-likeness (QED) is 0.623. The summed E-state index contributed by atoms with van der Waals surface area (Å²) in [5.41, 5.74) is -0.389. The van der Waals surface area contributed by atoms with Crippen LogP contribution in [0.1, 0.15) is 5.69 Å². The van der Waals surface area contributed by atoms with Crippen molar-refractivity contribution in [1.82, 2.24) is 4.98 Å². The van der Waals surface area contributed by atoms with E-state index in [1.54, 1.807) is 6.07 Å². The third kappa shape index (κ3) is 1.40. The van der Waals surface area contributed by atoms with Crippen LogP contribution in [0.3, 0.4) is 0 Å². The van der Waals surface area contributed by atoms with E-state index in [0.29, 0.717) is 0 Å². The second-order valence-corrected chi connectivity index (χ2v) is 2.87. The molecule has 0 unspecified atom stereocenters. The molecule has 0 amide bonds. The normalized spacial score (nSPS) is 10.3. The number of aromatic nitrogens is 1. The maximum Gasteiger partial charge on any atom is 0.196 e. The first-order chi connectivity index (χ1) is 7.13. The van der Waals surface area contributed by atoms with Crippen molar-refractivity contribution in [3.8, 4) is 6.07 Å². The van der Waals surface area contributed by atoms with Crippen molar-refractivity contribution in [2.24, 2.45) is 0 Å². The molecule has 74 valence electrons. The van der Waals surface area contributed by atoms with Gasteiger partial charge in [0.25, 0.3) is 0 Å². The molecule has 5 heteroatoms. The molecule has 0 atom stereocenters. The van der Waals surface area contributed by atoms with Crippen LogP contribution >= 0.6 is 0 Å². The molecule has 2 nitrogen and oxygen atoms in total. The van der Waals surface area contributed by atoms with E-state index in [1.165, 1.54) is 12.1 Å². The minimum atomic E-state index is -1.58. The summed E-state index contributed by atoms with van der Waals surface area (Å²) in [6.07, 6.45) is 0. The van der Waals surface area contributed by atoms with E-state index in [4.69, 9.17) is 5.26 Å². The van der Waals surface area contributed by atoms with Gasteiger partial charge in [0, 0.05) is 5.39 Å². The second kappa shape index (κ2) is 3.24. The Morgan fingerprint density at radius 2 is 1.87 bits per heavy atom. The van der Waals surface area contributed by atoms with Gasteiger partial charge in [-0.3, -0.25) is 0 Å². The molecule has 1 heterocycles. The van der Waals surface area contributed by atoms with Gasteiger partial charge in [0.05, 0.1) is 0 Å². The van der Waals surface area contributed by atoms with E-state index in [-0.39, 0.29) is 16.6 Å². The predicted molar refractivity (Wildman–Crippen MR) is 46.3 cm³/mol. The molecular formula is C10H3F3N2. The number of fused-ring (bicyclic) bond motifs is 1. The molecule has 0 fully saturated rings. The van der Waals surface area contributed by atoms with Crippen LogP contribution in [0.4, 0.5) is 13.2 Å². The molecule has 0 aliphatic heterocycles. The van der Waals surface area contributed by atoms with Crippen LogP contribution < -0.4 is 0 Å². The van der Waals surface area contributed by atoms with Gasteiger partial charge in [-0.05, 0) is 18.2 Å². The predicted octanol–water partition coefficient (Wildman–Crippen LogP) is 2.52. The Kier molecular flexibility index (Phi) is 2.05. The fourth-order valence-electron chi connectivity index (χ4n) is 1.23. The molecule has 0 spiro atoms. The van der Waals surface area contributed by atoms with E-state index < -0.39 is 17.5 Å². The van der Waals surface area contributed by atoms with Gasteiger partial charge in [0.2, 0.25) is 0 Å². The van der Waals surface area contributed by atoms with Gasteiger partial charge in [0.1, 0.15) is 17.3 Å². The lowest BCUT2D eigenvalue weighted by Crippen LogP contribution is -1.95. The van der Waals surface area contributed by atoms with Crippen molar-refractivity contribution in [2.75, 3.05) is 0 Å². The summed E-state index contributed by atoms with van der Waals surface area (Å²) in [4.78, 5) is 3.55. The SMILES string of the molecule is N#Cc1ccc2cc(F)c(F)c(F)c2n1. The highest BCUT2D eigenvalue weighted by Gasteiger charge is 2.14. The zero-order valence-corrected chi connectivity index (χ0v) is 7.26. The van der Waals surface area contributed by atoms with E-state index in [2.05, 4.69) is 4.98 Å². The molecular weight excluding hydrogens is 205 g/mol. The average Bonchev–Trinajstić information content (AvgIpc) is 2.26. The van der Waals surface area contributed by atoms with Crippen molar-refractivity contribution in [2.45, 2.75) is 0 Å². The van der Waals surface area contributed by atoms with Crippen molar-refractivity contribution in [1.29, 1.82) is 5.26 Å². The largest absolute Gasteiger partial charge is 0.234 e. The van der Waals surface area contributed by atoms with E-state index >= 15 is 0 Å². The number of benzene rings is 1. The van der Waals surface area contributed by atoms with Gasteiger partial charge in [-0.1, -0.05) is 0 Å². The molecule has 0 radical (unpaired) electrons. The zero-order chi connectivity index (χ0) is 11.0. The van der Waals surface area contributed by atoms with Crippen molar-refractivity contribution >= 4 is 10.9 Å². The Morgan fingerprint density at radius 1 is 1.13 bits per heavy atom. The van der Waals surface area contributed by atoms with Crippen LogP contribution in [0.5, 0.6) is 0 Å². The smallest absolute Gasteiger partial charge is 0.196 e. The van der Waals surface area contributed by atoms with Crippen LogP contribution in [0.15, 0.2) is 18.2 Å². The molecule has 0 bridgehead atoms. The molecule has 0 aliphatic rings. The van der Waals surface area contributed by atoms with Crippen molar-refractivity contribution in [3.63, 3.8) is 0 Å². The minimum Gasteiger partial charge on any atom is -0.234 e. The van der Waals surface area contributed by atoms with Crippen LogP contribution in [0.25, 0.3) is 10.9 Å². The van der Waals surface area contributed by atoms with Gasteiger partial charge in [-0.15, -0.1) is 0 Å². The fourth-order valence-corrected chi connectivity index (χ4v) is 1.23. The average molecular weight is 208 g/mol. The number of halogens is 3. The van der Waals surface area contributed by atoms with Gasteiger partial charge in [0.15, 0.2) is 17.5 Å². The Labute approximate surface area is 82.6 Å². The highest BCUT2D eigenvalue weighted by molar-refractivity contribution is 5.79. The zero-order valence-electron chi connectivity index (χ0n) is 7.26. The van der Waals surface area contributed by atoms with E-state index in [9.17, 15) is 13.2 Å². The summed E-state index contributed by atoms with van der Waals surface area (Å²) in [6, 6.07) is 5.14. The Hall–Kier alpha value is -2.09. The van der Waals surface area contributed by atoms with Crippen molar-refractivity contribution in [3.05, 3.63) is 41.3 Å². The van der Waals surface area contributed by atoms with Gasteiger partial charge < -0.3 is 0 Å². The number of rotatable bonds is 0. The molecule has 0 saturated carbocycles. The molecule has 1 aromatic carbocycles. The molecule has 2 rings (SSSR count). The molecule has 0 saturated heterocycles. The highest BCUT2D eigenvalue weighted by atomic mass is 19.2. The molecule has 0 N–H and O–H groups in total. The summed E-state index contributed by atoms with van der Waals surface area (Å²) in [7, 11) is 0. The van der Waals surface area contributed by atoms with Crippen LogP contribution in [-0.2, 0) is 0 Å². The van der Waals surface area contributed by atoms with Gasteiger partial charge in [-0.2, -0.15) is 5.26 Å². The van der Waals surface area contributed by atoms with Gasteiger partial charge in [-0.25, -0.2) is 18.2 Å². The number of hydrogen-bond donors (Lipinski definition) is 0. The molecule has 1 aromatic heterocycles. The summed E-state index contributed by atoms with van der Waals surface area (Å²) >= 11 is 0. The second-order valence-electron chi connectivity index (χ2n) is 2.87. The Morgan fingerprint density at radius 3 is 2.53 bits per heavy atom. The summed E-state index contributed by atoms with van der Waals surface area (Å²) in [6.45, 7) is 0. The lowest BCUT2D eigenvalue weighted by molar-refractivity contribution is 0.452. The van der Waals surface area contributed by atoms with Crippen LogP contribution in [0.2, 0.25) is 0 Å². The summed E-state index contributed by atoms with van der Waals surface area (Å²) in [5, 5.41) is 8.63. The number of hydrogen-bond acceptors (Lipinski definition) is 2. The minimum absolute atomic E-state index is 0.0487. The maximum atomic E-state index is 13.2. The molecule has 15 heavy (non-hydrogen) atoms. The van der Waals surface area contributed by atoms with E-state index in [0.717, 1.165) is 6.07 Å². The molecule has 2 aromatic rings. The first kappa shape index (κ1) is 9.46. The summed E-state index contributed by atoms with van der Waals surface area (Å²) in [5.74, 6) is -4.22. The number of pyridine rings is 1. The topological polar surface area (TPSA) is 36.7 Å². The van der Waals surface area contributed by atoms with Crippen LogP contribution in [0, 0.1) is 28.8 Å². The number of nitrogens with zero attached hydrogens (tertiary/aromatic N) is 2. The van der Waals surface area contributed by atoms with Crippen LogP contribution in [-0.4, -0.2) is 4.98 Å². The fraction of sp³-hybridized carbons (Fsp3) is 0. The van der Waals surface area contributed by atoms with Gasteiger partial charge >= 0.3 is 0 Å². The third-order valence-electron chi connectivity index (χ3n) is 1.93. The monoisotopic (exact) mass is 208 g/mol. The lowest BCUT2D eigenvalue weighted by Gasteiger charge is -2.01. The van der Waals surface area contributed by atoms with Crippen molar-refractivity contribution < 1.29 is 13.2 Å². The maximum absolute atomic E-state index is 13.2. The molecule has 0 aliphatic carbocycles. The third-order valence-corrected chi connectivity index (χ3v) is 1.93. The Balaban J connectivity index is 2.89.